The molecule has 124 valence electrons. The highest BCUT2D eigenvalue weighted by Gasteiger charge is 2.49. The molecule has 6 nitrogen and oxygen atoms in total. The van der Waals surface area contributed by atoms with Crippen LogP contribution in [0.1, 0.15) is 67.2 Å². The van der Waals surface area contributed by atoms with Gasteiger partial charge >= 0.3 is 5.97 Å². The molecule has 4 rings (SSSR count). The summed E-state index contributed by atoms with van der Waals surface area (Å²) in [5, 5.41) is 12.2. The van der Waals surface area contributed by atoms with Crippen LogP contribution >= 0.6 is 0 Å². The predicted molar refractivity (Wildman–Crippen MR) is 80.9 cm³/mol. The number of aromatic nitrogens is 1. The summed E-state index contributed by atoms with van der Waals surface area (Å²) in [5.41, 5.74) is 0.351. The van der Waals surface area contributed by atoms with E-state index in [1.54, 1.807) is 0 Å². The molecule has 3 aliphatic rings. The molecule has 4 atom stereocenters. The molecule has 1 heterocycles. The highest BCUT2D eigenvalue weighted by atomic mass is 16.4. The van der Waals surface area contributed by atoms with E-state index in [0.717, 1.165) is 25.7 Å². The Labute approximate surface area is 134 Å². The van der Waals surface area contributed by atoms with E-state index < -0.39 is 5.97 Å². The van der Waals surface area contributed by atoms with Crippen LogP contribution in [-0.2, 0) is 4.79 Å². The van der Waals surface area contributed by atoms with Gasteiger partial charge in [0, 0.05) is 12.0 Å². The highest BCUT2D eigenvalue weighted by molar-refractivity contribution is 5.92. The zero-order chi connectivity index (χ0) is 16.0. The van der Waals surface area contributed by atoms with Crippen molar-refractivity contribution in [2.24, 2.45) is 17.8 Å². The number of aliphatic carboxylic acids is 1. The summed E-state index contributed by atoms with van der Waals surface area (Å²) in [6.45, 7) is 0. The number of rotatable bonds is 4. The van der Waals surface area contributed by atoms with Crippen molar-refractivity contribution in [2.75, 3.05) is 0 Å². The van der Waals surface area contributed by atoms with E-state index in [9.17, 15) is 14.7 Å². The number of amides is 1. The van der Waals surface area contributed by atoms with Gasteiger partial charge in [-0.05, 0) is 43.9 Å². The van der Waals surface area contributed by atoms with E-state index in [1.807, 2.05) is 0 Å². The average molecular weight is 318 g/mol. The van der Waals surface area contributed by atoms with Gasteiger partial charge in [-0.3, -0.25) is 9.59 Å². The topological polar surface area (TPSA) is 92.4 Å². The molecule has 0 unspecified atom stereocenters. The number of carbonyl (C=O) groups is 2. The number of carboxylic acid groups (broad SMARTS) is 1. The van der Waals surface area contributed by atoms with Crippen LogP contribution in [0.2, 0.25) is 0 Å². The molecule has 23 heavy (non-hydrogen) atoms. The molecule has 2 bridgehead atoms. The second-order valence-electron chi connectivity index (χ2n) is 7.30. The molecule has 6 heteroatoms. The van der Waals surface area contributed by atoms with Crippen molar-refractivity contribution in [3.05, 3.63) is 17.8 Å². The summed E-state index contributed by atoms with van der Waals surface area (Å²) >= 11 is 0. The Morgan fingerprint density at radius 1 is 1.17 bits per heavy atom. The molecule has 0 spiro atoms. The number of hydrogen-bond acceptors (Lipinski definition) is 4. The first-order valence-electron chi connectivity index (χ1n) is 8.61. The fraction of sp³-hybridized carbons (Fsp3) is 0.706. The summed E-state index contributed by atoms with van der Waals surface area (Å²) in [6, 6.07) is 0.0785. The first kappa shape index (κ1) is 14.7. The van der Waals surface area contributed by atoms with Gasteiger partial charge in [0.1, 0.15) is 6.26 Å². The molecule has 0 aromatic carbocycles. The molecule has 0 aliphatic heterocycles. The lowest BCUT2D eigenvalue weighted by molar-refractivity contribution is -0.143. The van der Waals surface area contributed by atoms with E-state index in [1.165, 1.54) is 19.1 Å². The summed E-state index contributed by atoms with van der Waals surface area (Å²) in [4.78, 5) is 27.9. The Kier molecular flexibility index (Phi) is 3.62. The number of nitrogens with zero attached hydrogens (tertiary/aromatic N) is 1. The molecule has 1 aromatic rings. The van der Waals surface area contributed by atoms with Crippen molar-refractivity contribution in [1.29, 1.82) is 0 Å². The molecule has 2 N–H and O–H groups in total. The largest absolute Gasteiger partial charge is 0.481 e. The standard InChI is InChI=1S/C17H22N2O4/c20-15(14-8-23-16(19-14)9-3-1-2-4-9)18-13-7-10-5-11(13)6-12(10)17(21)22/h8-13H,1-7H2,(H,18,20)(H,21,22)/t10-,11-,12-,13-/m1/s1. The lowest BCUT2D eigenvalue weighted by Crippen LogP contribution is -2.40. The van der Waals surface area contributed by atoms with Gasteiger partial charge < -0.3 is 14.8 Å². The number of oxazole rings is 1. The number of carboxylic acids is 1. The second kappa shape index (κ2) is 5.65. The Balaban J connectivity index is 1.37. The zero-order valence-corrected chi connectivity index (χ0v) is 13.0. The van der Waals surface area contributed by atoms with Crippen LogP contribution in [0.25, 0.3) is 0 Å². The first-order chi connectivity index (χ1) is 11.1. The Morgan fingerprint density at radius 2 is 1.96 bits per heavy atom. The molecule has 1 aromatic heterocycles. The van der Waals surface area contributed by atoms with Crippen molar-refractivity contribution in [2.45, 2.75) is 56.9 Å². The third kappa shape index (κ3) is 2.64. The van der Waals surface area contributed by atoms with Crippen LogP contribution in [-0.4, -0.2) is 28.0 Å². The lowest BCUT2D eigenvalue weighted by atomic mass is 9.86. The van der Waals surface area contributed by atoms with Crippen LogP contribution in [0.3, 0.4) is 0 Å². The fourth-order valence-electron chi connectivity index (χ4n) is 4.75. The van der Waals surface area contributed by atoms with Crippen molar-refractivity contribution < 1.29 is 19.1 Å². The Morgan fingerprint density at radius 3 is 2.61 bits per heavy atom. The molecular formula is C17H22N2O4. The van der Waals surface area contributed by atoms with Crippen LogP contribution in [0.4, 0.5) is 0 Å². The third-order valence-electron chi connectivity index (χ3n) is 5.95. The second-order valence-corrected chi connectivity index (χ2v) is 7.30. The maximum Gasteiger partial charge on any atom is 0.306 e. The average Bonchev–Trinajstić information content (AvgIpc) is 3.28. The normalized spacial score (nSPS) is 33.2. The van der Waals surface area contributed by atoms with Gasteiger partial charge in [0.15, 0.2) is 11.6 Å². The first-order valence-corrected chi connectivity index (χ1v) is 8.61. The van der Waals surface area contributed by atoms with E-state index in [2.05, 4.69) is 10.3 Å². The molecule has 3 saturated carbocycles. The van der Waals surface area contributed by atoms with Gasteiger partial charge in [-0.2, -0.15) is 0 Å². The van der Waals surface area contributed by atoms with E-state index in [0.29, 0.717) is 23.9 Å². The third-order valence-corrected chi connectivity index (χ3v) is 5.95. The Hall–Kier alpha value is -1.85. The summed E-state index contributed by atoms with van der Waals surface area (Å²) < 4.78 is 5.49. The van der Waals surface area contributed by atoms with E-state index in [-0.39, 0.29) is 29.7 Å². The molecule has 1 amide bonds. The number of carbonyl (C=O) groups excluding carboxylic acids is 1. The van der Waals surface area contributed by atoms with Gasteiger partial charge in [0.2, 0.25) is 0 Å². The smallest absolute Gasteiger partial charge is 0.306 e. The van der Waals surface area contributed by atoms with Crippen LogP contribution in [0.15, 0.2) is 10.7 Å². The van der Waals surface area contributed by atoms with E-state index >= 15 is 0 Å². The predicted octanol–water partition coefficient (Wildman–Crippen LogP) is 2.56. The van der Waals surface area contributed by atoms with Crippen molar-refractivity contribution in [3.63, 3.8) is 0 Å². The van der Waals surface area contributed by atoms with Crippen LogP contribution in [0.5, 0.6) is 0 Å². The SMILES string of the molecule is O=C(N[C@@H]1C[C@H]2C[C@@H]1C[C@H]2C(=O)O)c1coc(C2CCCC2)n1. The zero-order valence-electron chi connectivity index (χ0n) is 13.0. The number of hydrogen-bond donors (Lipinski definition) is 2. The van der Waals surface area contributed by atoms with Crippen molar-refractivity contribution in [3.8, 4) is 0 Å². The van der Waals surface area contributed by atoms with Crippen molar-refractivity contribution in [1.82, 2.24) is 10.3 Å². The van der Waals surface area contributed by atoms with Crippen molar-refractivity contribution >= 4 is 11.9 Å². The molecule has 0 radical (unpaired) electrons. The van der Waals surface area contributed by atoms with Gasteiger partial charge in [-0.1, -0.05) is 12.8 Å². The minimum absolute atomic E-state index is 0.0785. The monoisotopic (exact) mass is 318 g/mol. The highest BCUT2D eigenvalue weighted by Crippen LogP contribution is 2.48. The summed E-state index contributed by atoms with van der Waals surface area (Å²) in [7, 11) is 0. The van der Waals surface area contributed by atoms with Gasteiger partial charge in [-0.15, -0.1) is 0 Å². The van der Waals surface area contributed by atoms with Crippen LogP contribution in [0, 0.1) is 17.8 Å². The van der Waals surface area contributed by atoms with Crippen LogP contribution < -0.4 is 5.32 Å². The maximum absolute atomic E-state index is 12.4. The Bertz CT molecular complexity index is 620. The lowest BCUT2D eigenvalue weighted by Gasteiger charge is -2.26. The minimum atomic E-state index is -0.694. The van der Waals surface area contributed by atoms with E-state index in [4.69, 9.17) is 4.42 Å². The maximum atomic E-state index is 12.4. The molecular weight excluding hydrogens is 296 g/mol. The molecule has 0 saturated heterocycles. The summed E-state index contributed by atoms with van der Waals surface area (Å²) in [6.07, 6.45) is 8.38. The van der Waals surface area contributed by atoms with Gasteiger partial charge in [-0.25, -0.2) is 4.98 Å². The molecule has 3 fully saturated rings. The van der Waals surface area contributed by atoms with Gasteiger partial charge in [0.25, 0.3) is 5.91 Å². The summed E-state index contributed by atoms with van der Waals surface area (Å²) in [5.74, 6) is 0.416. The van der Waals surface area contributed by atoms with Gasteiger partial charge in [0.05, 0.1) is 5.92 Å². The molecule has 3 aliphatic carbocycles. The number of nitrogens with one attached hydrogen (secondary N) is 1. The number of fused-ring (bicyclic) bond motifs is 2. The quantitative estimate of drug-likeness (QED) is 0.890. The minimum Gasteiger partial charge on any atom is -0.481 e. The fourth-order valence-corrected chi connectivity index (χ4v) is 4.75.